The Labute approximate surface area is 152 Å². The number of amides is 2. The molecule has 0 bridgehead atoms. The predicted octanol–water partition coefficient (Wildman–Crippen LogP) is 2.60. The van der Waals surface area contributed by atoms with Gasteiger partial charge in [-0.25, -0.2) is 8.78 Å². The lowest BCUT2D eigenvalue weighted by Crippen LogP contribution is -2.46. The maximum atomic E-state index is 13.3. The number of piperidine rings is 1. The summed E-state index contributed by atoms with van der Waals surface area (Å²) in [6.45, 7) is 3.16. The van der Waals surface area contributed by atoms with Gasteiger partial charge in [0, 0.05) is 45.1 Å². The second-order valence-electron chi connectivity index (χ2n) is 7.24. The van der Waals surface area contributed by atoms with Gasteiger partial charge in [0.2, 0.25) is 11.8 Å². The second kappa shape index (κ2) is 7.72. The summed E-state index contributed by atoms with van der Waals surface area (Å²) in [5, 5.41) is 4.30. The van der Waals surface area contributed by atoms with E-state index in [4.69, 9.17) is 0 Å². The van der Waals surface area contributed by atoms with Gasteiger partial charge in [-0.05, 0) is 12.5 Å². The van der Waals surface area contributed by atoms with Crippen LogP contribution in [0.5, 0.6) is 0 Å². The number of rotatable bonds is 5. The lowest BCUT2D eigenvalue weighted by atomic mass is 10.0. The molecule has 6 nitrogen and oxygen atoms in total. The van der Waals surface area contributed by atoms with Gasteiger partial charge in [0.15, 0.2) is 0 Å². The maximum Gasteiger partial charge on any atom is 0.251 e. The minimum absolute atomic E-state index is 0.0870. The van der Waals surface area contributed by atoms with Crippen molar-refractivity contribution in [2.45, 2.75) is 64.0 Å². The van der Waals surface area contributed by atoms with Crippen molar-refractivity contribution in [2.24, 2.45) is 0 Å². The zero-order valence-electron chi connectivity index (χ0n) is 15.2. The summed E-state index contributed by atoms with van der Waals surface area (Å²) in [5.41, 5.74) is 0.907. The van der Waals surface area contributed by atoms with Crippen LogP contribution < -0.4 is 0 Å². The van der Waals surface area contributed by atoms with Crippen LogP contribution in [0, 0.1) is 0 Å². The number of alkyl halides is 2. The van der Waals surface area contributed by atoms with Crippen molar-refractivity contribution >= 4 is 11.8 Å². The van der Waals surface area contributed by atoms with Gasteiger partial charge in [-0.2, -0.15) is 5.10 Å². The fourth-order valence-electron chi connectivity index (χ4n) is 3.63. The molecule has 0 spiro atoms. The third-order valence-corrected chi connectivity index (χ3v) is 5.24. The van der Waals surface area contributed by atoms with Crippen molar-refractivity contribution in [3.63, 3.8) is 0 Å². The SMILES string of the molecule is CCCCC(=O)N1Cc2ccnn2C(CC(=O)N2CCC(F)(F)CC2)C1. The van der Waals surface area contributed by atoms with Gasteiger partial charge in [0.1, 0.15) is 0 Å². The third kappa shape index (κ3) is 4.22. The molecule has 2 amide bonds. The van der Waals surface area contributed by atoms with Crippen LogP contribution in [0.2, 0.25) is 0 Å². The number of nitrogens with zero attached hydrogens (tertiary/aromatic N) is 4. The molecule has 1 unspecified atom stereocenters. The number of aromatic nitrogens is 2. The molecule has 26 heavy (non-hydrogen) atoms. The second-order valence-corrected chi connectivity index (χ2v) is 7.24. The van der Waals surface area contributed by atoms with E-state index in [0.717, 1.165) is 18.5 Å². The highest BCUT2D eigenvalue weighted by atomic mass is 19.3. The van der Waals surface area contributed by atoms with Crippen molar-refractivity contribution in [1.29, 1.82) is 0 Å². The largest absolute Gasteiger partial charge is 0.342 e. The number of carbonyl (C=O) groups is 2. The molecule has 0 aliphatic carbocycles. The minimum atomic E-state index is -2.67. The van der Waals surface area contributed by atoms with Crippen LogP contribution >= 0.6 is 0 Å². The van der Waals surface area contributed by atoms with E-state index in [0.29, 0.717) is 19.5 Å². The summed E-state index contributed by atoms with van der Waals surface area (Å²) in [4.78, 5) is 28.3. The number of fused-ring (bicyclic) bond motifs is 1. The molecule has 144 valence electrons. The highest BCUT2D eigenvalue weighted by Gasteiger charge is 2.37. The molecule has 1 atom stereocenters. The van der Waals surface area contributed by atoms with Crippen LogP contribution in [0.3, 0.4) is 0 Å². The summed E-state index contributed by atoms with van der Waals surface area (Å²) >= 11 is 0. The van der Waals surface area contributed by atoms with E-state index in [9.17, 15) is 18.4 Å². The van der Waals surface area contributed by atoms with Gasteiger partial charge in [-0.3, -0.25) is 14.3 Å². The van der Waals surface area contributed by atoms with Crippen molar-refractivity contribution in [3.05, 3.63) is 18.0 Å². The molecule has 3 heterocycles. The Morgan fingerprint density at radius 1 is 1.23 bits per heavy atom. The van der Waals surface area contributed by atoms with Crippen LogP contribution in [-0.2, 0) is 16.1 Å². The molecule has 1 aromatic rings. The van der Waals surface area contributed by atoms with Crippen LogP contribution in [0.15, 0.2) is 12.3 Å². The van der Waals surface area contributed by atoms with Crippen molar-refractivity contribution in [1.82, 2.24) is 19.6 Å². The Morgan fingerprint density at radius 3 is 2.65 bits per heavy atom. The highest BCUT2D eigenvalue weighted by molar-refractivity contribution is 5.78. The number of hydrogen-bond acceptors (Lipinski definition) is 3. The molecule has 0 saturated carbocycles. The molecule has 2 aliphatic heterocycles. The molecule has 0 N–H and O–H groups in total. The average molecular weight is 368 g/mol. The lowest BCUT2D eigenvalue weighted by Gasteiger charge is -2.36. The van der Waals surface area contributed by atoms with Crippen molar-refractivity contribution in [3.8, 4) is 0 Å². The third-order valence-electron chi connectivity index (χ3n) is 5.24. The zero-order valence-corrected chi connectivity index (χ0v) is 15.2. The molecule has 0 radical (unpaired) electrons. The summed E-state index contributed by atoms with van der Waals surface area (Å²) in [6, 6.07) is 1.62. The first-order valence-electron chi connectivity index (χ1n) is 9.35. The Morgan fingerprint density at radius 2 is 1.96 bits per heavy atom. The first kappa shape index (κ1) is 18.8. The predicted molar refractivity (Wildman–Crippen MR) is 91.6 cm³/mol. The normalized spacial score (nSPS) is 22.2. The Bertz CT molecular complexity index is 651. The van der Waals surface area contributed by atoms with Gasteiger partial charge in [-0.1, -0.05) is 13.3 Å². The van der Waals surface area contributed by atoms with E-state index in [1.807, 2.05) is 13.0 Å². The van der Waals surface area contributed by atoms with Crippen LogP contribution in [0.25, 0.3) is 0 Å². The molecule has 8 heteroatoms. The van der Waals surface area contributed by atoms with E-state index in [1.165, 1.54) is 4.90 Å². The number of unbranched alkanes of at least 4 members (excludes halogenated alkanes) is 1. The van der Waals surface area contributed by atoms with E-state index < -0.39 is 5.92 Å². The first-order chi connectivity index (χ1) is 12.4. The lowest BCUT2D eigenvalue weighted by molar-refractivity contribution is -0.140. The fraction of sp³-hybridized carbons (Fsp3) is 0.722. The summed E-state index contributed by atoms with van der Waals surface area (Å²) in [5.74, 6) is -2.72. The molecule has 1 fully saturated rings. The monoisotopic (exact) mass is 368 g/mol. The Kier molecular flexibility index (Phi) is 5.58. The maximum absolute atomic E-state index is 13.3. The number of likely N-dealkylation sites (tertiary alicyclic amines) is 1. The number of carbonyl (C=O) groups excluding carboxylic acids is 2. The van der Waals surface area contributed by atoms with Gasteiger partial charge >= 0.3 is 0 Å². The first-order valence-corrected chi connectivity index (χ1v) is 9.35. The summed E-state index contributed by atoms with van der Waals surface area (Å²) in [7, 11) is 0. The van der Waals surface area contributed by atoms with Crippen LogP contribution in [-0.4, -0.2) is 57.0 Å². The fourth-order valence-corrected chi connectivity index (χ4v) is 3.63. The van der Waals surface area contributed by atoms with Crippen LogP contribution in [0.4, 0.5) is 8.78 Å². The molecule has 0 aromatic carbocycles. The van der Waals surface area contributed by atoms with Gasteiger partial charge in [0.25, 0.3) is 5.92 Å². The molecule has 1 aromatic heterocycles. The Hall–Kier alpha value is -1.99. The van der Waals surface area contributed by atoms with E-state index in [1.54, 1.807) is 15.8 Å². The number of halogens is 2. The smallest absolute Gasteiger partial charge is 0.251 e. The van der Waals surface area contributed by atoms with Gasteiger partial charge < -0.3 is 9.80 Å². The highest BCUT2D eigenvalue weighted by Crippen LogP contribution is 2.29. The standard InChI is InChI=1S/C18H26F2N4O2/c1-2-3-4-16(25)23-12-14-5-8-21-24(14)15(13-23)11-17(26)22-9-6-18(19,20)7-10-22/h5,8,15H,2-4,6-7,9-13H2,1H3. The zero-order chi connectivity index (χ0) is 18.7. The minimum Gasteiger partial charge on any atom is -0.342 e. The van der Waals surface area contributed by atoms with Crippen molar-refractivity contribution < 1.29 is 18.4 Å². The average Bonchev–Trinajstić information content (AvgIpc) is 3.08. The van der Waals surface area contributed by atoms with E-state index >= 15 is 0 Å². The summed E-state index contributed by atoms with van der Waals surface area (Å²) in [6.07, 6.45) is 3.61. The molecular weight excluding hydrogens is 342 g/mol. The topological polar surface area (TPSA) is 58.4 Å². The van der Waals surface area contributed by atoms with E-state index in [-0.39, 0.29) is 50.2 Å². The molecule has 1 saturated heterocycles. The number of hydrogen-bond donors (Lipinski definition) is 0. The quantitative estimate of drug-likeness (QED) is 0.803. The summed E-state index contributed by atoms with van der Waals surface area (Å²) < 4.78 is 28.4. The molecule has 2 aliphatic rings. The van der Waals surface area contributed by atoms with E-state index in [2.05, 4.69) is 5.10 Å². The van der Waals surface area contributed by atoms with Crippen molar-refractivity contribution in [2.75, 3.05) is 19.6 Å². The molecular formula is C18H26F2N4O2. The van der Waals surface area contributed by atoms with Gasteiger partial charge in [0.05, 0.1) is 24.7 Å². The Balaban J connectivity index is 1.65. The molecule has 3 rings (SSSR count). The van der Waals surface area contributed by atoms with Gasteiger partial charge in [-0.15, -0.1) is 0 Å². The van der Waals surface area contributed by atoms with Crippen LogP contribution in [0.1, 0.15) is 57.2 Å².